The number of hydrogen-bond donors (Lipinski definition) is 4. The molecule has 1 aromatic carbocycles. The number of nitrogens with one attached hydrogen (secondary N) is 2. The van der Waals surface area contributed by atoms with Crippen molar-refractivity contribution in [3.63, 3.8) is 0 Å². The van der Waals surface area contributed by atoms with E-state index < -0.39 is 42.2 Å². The molecule has 0 heterocycles. The van der Waals surface area contributed by atoms with Gasteiger partial charge in [-0.2, -0.15) is 0 Å². The number of nitrogens with zero attached hydrogens (tertiary/aromatic N) is 1. The lowest BCUT2D eigenvalue weighted by molar-refractivity contribution is -0.148. The van der Waals surface area contributed by atoms with Crippen LogP contribution in [0.4, 0.5) is 4.79 Å². The van der Waals surface area contributed by atoms with Crippen LogP contribution in [0.15, 0.2) is 18.2 Å². The van der Waals surface area contributed by atoms with Crippen molar-refractivity contribution in [1.29, 1.82) is 0 Å². The summed E-state index contributed by atoms with van der Waals surface area (Å²) in [6.45, 7) is 10.1. The van der Waals surface area contributed by atoms with Crippen LogP contribution in [0.2, 0.25) is 0 Å². The van der Waals surface area contributed by atoms with Crippen molar-refractivity contribution in [1.82, 2.24) is 15.5 Å². The average molecular weight is 492 g/mol. The Hall–Kier alpha value is -2.81. The summed E-state index contributed by atoms with van der Waals surface area (Å²) in [5.74, 6) is -1.08. The second-order valence-corrected chi connectivity index (χ2v) is 10.3. The molecule has 1 aromatic rings. The maximum atomic E-state index is 13.8. The predicted octanol–water partition coefficient (Wildman–Crippen LogP) is 3.31. The molecule has 3 unspecified atom stereocenters. The number of rotatable bonds is 10. The van der Waals surface area contributed by atoms with E-state index in [2.05, 4.69) is 10.6 Å². The van der Waals surface area contributed by atoms with E-state index in [9.17, 15) is 24.6 Å². The maximum Gasteiger partial charge on any atom is 0.408 e. The van der Waals surface area contributed by atoms with Gasteiger partial charge in [0.1, 0.15) is 23.4 Å². The lowest BCUT2D eigenvalue weighted by Crippen LogP contribution is -2.58. The number of hydrogen-bond acceptors (Lipinski definition) is 6. The molecule has 3 amide bonds. The van der Waals surface area contributed by atoms with Crippen molar-refractivity contribution >= 4 is 17.9 Å². The van der Waals surface area contributed by atoms with E-state index in [1.807, 2.05) is 13.8 Å². The lowest BCUT2D eigenvalue weighted by Gasteiger charge is -2.43. The zero-order valence-electron chi connectivity index (χ0n) is 21.8. The van der Waals surface area contributed by atoms with Crippen molar-refractivity contribution in [3.8, 4) is 5.75 Å². The predicted molar refractivity (Wildman–Crippen MR) is 133 cm³/mol. The van der Waals surface area contributed by atoms with Gasteiger partial charge in [0.2, 0.25) is 11.8 Å². The Kier molecular flexibility index (Phi) is 9.94. The van der Waals surface area contributed by atoms with Gasteiger partial charge in [-0.1, -0.05) is 31.5 Å². The number of phenolic OH excluding ortho intramolecular Hbond substituents is 1. The maximum absolute atomic E-state index is 13.8. The monoisotopic (exact) mass is 491 g/mol. The minimum atomic E-state index is -1.30. The number of amides is 3. The number of para-hydroxylation sites is 1. The molecule has 4 N–H and O–H groups in total. The van der Waals surface area contributed by atoms with Crippen molar-refractivity contribution in [2.45, 2.75) is 103 Å². The summed E-state index contributed by atoms with van der Waals surface area (Å²) in [4.78, 5) is 41.2. The van der Waals surface area contributed by atoms with Crippen molar-refractivity contribution in [2.24, 2.45) is 0 Å². The molecule has 0 spiro atoms. The second-order valence-electron chi connectivity index (χ2n) is 10.3. The van der Waals surface area contributed by atoms with E-state index in [0.29, 0.717) is 24.0 Å². The molecule has 196 valence electrons. The van der Waals surface area contributed by atoms with Gasteiger partial charge >= 0.3 is 6.09 Å². The fourth-order valence-corrected chi connectivity index (χ4v) is 4.14. The van der Waals surface area contributed by atoms with Crippen LogP contribution in [0.5, 0.6) is 5.75 Å². The Morgan fingerprint density at radius 3 is 2.37 bits per heavy atom. The minimum Gasteiger partial charge on any atom is -0.507 e. The molecule has 0 saturated heterocycles. The quantitative estimate of drug-likeness (QED) is 0.398. The molecule has 3 atom stereocenters. The third-order valence-electron chi connectivity index (χ3n) is 6.09. The fourth-order valence-electron chi connectivity index (χ4n) is 4.14. The highest BCUT2D eigenvalue weighted by molar-refractivity contribution is 5.93. The summed E-state index contributed by atoms with van der Waals surface area (Å²) in [6.07, 6.45) is 3.04. The number of aliphatic hydroxyl groups is 1. The molecule has 0 aliphatic heterocycles. The van der Waals surface area contributed by atoms with Crippen LogP contribution in [-0.2, 0) is 14.3 Å². The number of aliphatic hydroxyl groups excluding tert-OH is 1. The molecule has 9 nitrogen and oxygen atoms in total. The van der Waals surface area contributed by atoms with Crippen LogP contribution in [0.1, 0.15) is 83.9 Å². The van der Waals surface area contributed by atoms with E-state index in [0.717, 1.165) is 19.3 Å². The van der Waals surface area contributed by atoms with Gasteiger partial charge < -0.3 is 30.5 Å². The summed E-state index contributed by atoms with van der Waals surface area (Å²) in [5.41, 5.74) is 0.0975. The molecular weight excluding hydrogens is 450 g/mol. The summed E-state index contributed by atoms with van der Waals surface area (Å²) in [6, 6.07) is 2.26. The summed E-state index contributed by atoms with van der Waals surface area (Å²) >= 11 is 0. The van der Waals surface area contributed by atoms with Gasteiger partial charge in [-0.15, -0.1) is 0 Å². The fraction of sp³-hybridized carbons (Fsp3) is 0.654. The topological polar surface area (TPSA) is 128 Å². The van der Waals surface area contributed by atoms with Crippen LogP contribution in [0.3, 0.4) is 0 Å². The highest BCUT2D eigenvalue weighted by Crippen LogP contribution is 2.37. The highest BCUT2D eigenvalue weighted by Gasteiger charge is 2.43. The number of aromatic hydroxyl groups is 1. The first-order valence-corrected chi connectivity index (χ1v) is 12.4. The van der Waals surface area contributed by atoms with Gasteiger partial charge in [0.05, 0.1) is 6.61 Å². The third kappa shape index (κ3) is 7.59. The van der Waals surface area contributed by atoms with Gasteiger partial charge in [-0.3, -0.25) is 9.59 Å². The first-order chi connectivity index (χ1) is 16.4. The van der Waals surface area contributed by atoms with Crippen LogP contribution in [0, 0.1) is 6.92 Å². The number of carbonyl (C=O) groups is 3. The molecule has 1 fully saturated rings. The zero-order valence-corrected chi connectivity index (χ0v) is 21.8. The summed E-state index contributed by atoms with van der Waals surface area (Å²) in [7, 11) is 0. The Morgan fingerprint density at radius 2 is 1.86 bits per heavy atom. The summed E-state index contributed by atoms with van der Waals surface area (Å²) in [5, 5.41) is 26.3. The van der Waals surface area contributed by atoms with Gasteiger partial charge in [0.15, 0.2) is 0 Å². The first-order valence-electron chi connectivity index (χ1n) is 12.4. The van der Waals surface area contributed by atoms with E-state index in [4.69, 9.17) is 4.74 Å². The van der Waals surface area contributed by atoms with E-state index in [1.54, 1.807) is 45.9 Å². The zero-order chi connectivity index (χ0) is 26.3. The Balaban J connectivity index is 2.48. The summed E-state index contributed by atoms with van der Waals surface area (Å²) < 4.78 is 5.26. The molecule has 0 aromatic heterocycles. The van der Waals surface area contributed by atoms with Gasteiger partial charge in [-0.25, -0.2) is 4.79 Å². The van der Waals surface area contributed by atoms with Crippen LogP contribution < -0.4 is 10.6 Å². The Morgan fingerprint density at radius 1 is 1.20 bits per heavy atom. The van der Waals surface area contributed by atoms with Crippen molar-refractivity contribution < 1.29 is 29.3 Å². The number of alkyl carbamates (subject to hydrolysis) is 1. The van der Waals surface area contributed by atoms with Crippen LogP contribution >= 0.6 is 0 Å². The van der Waals surface area contributed by atoms with E-state index in [-0.39, 0.29) is 17.8 Å². The van der Waals surface area contributed by atoms with Crippen LogP contribution in [0.25, 0.3) is 0 Å². The van der Waals surface area contributed by atoms with Gasteiger partial charge in [0.25, 0.3) is 0 Å². The van der Waals surface area contributed by atoms with E-state index in [1.165, 1.54) is 4.90 Å². The van der Waals surface area contributed by atoms with E-state index >= 15 is 0 Å². The molecule has 1 aliphatic rings. The first kappa shape index (κ1) is 28.4. The van der Waals surface area contributed by atoms with Crippen LogP contribution in [-0.4, -0.2) is 63.4 Å². The Labute approximate surface area is 208 Å². The number of ether oxygens (including phenoxy) is 1. The molecule has 1 aliphatic carbocycles. The highest BCUT2D eigenvalue weighted by atomic mass is 16.6. The van der Waals surface area contributed by atoms with Gasteiger partial charge in [0, 0.05) is 17.6 Å². The molecule has 2 rings (SSSR count). The third-order valence-corrected chi connectivity index (χ3v) is 6.09. The van der Waals surface area contributed by atoms with Gasteiger partial charge in [-0.05, 0) is 65.9 Å². The molecule has 1 saturated carbocycles. The lowest BCUT2D eigenvalue weighted by atomic mass is 9.87. The standard InChI is InChI=1S/C26H41N3O6/c1-7-10-17(3)27-23(32)21(19-14-8-11-16(2)22(19)31)29(18-12-9-13-18)24(33)20(15-30)28-25(34)35-26(4,5)6/h8,11,14,17-18,20-21,30-31H,7,9-10,12-13,15H2,1-6H3,(H,27,32)(H,28,34). The van der Waals surface area contributed by atoms with Crippen molar-refractivity contribution in [3.05, 3.63) is 29.3 Å². The Bertz CT molecular complexity index is 894. The normalized spacial score (nSPS) is 16.4. The smallest absolute Gasteiger partial charge is 0.408 e. The number of aryl methyl sites for hydroxylation is 1. The largest absolute Gasteiger partial charge is 0.507 e. The minimum absolute atomic E-state index is 0.0615. The second kappa shape index (κ2) is 12.2. The molecule has 35 heavy (non-hydrogen) atoms. The average Bonchev–Trinajstić information content (AvgIpc) is 2.71. The molecule has 0 bridgehead atoms. The van der Waals surface area contributed by atoms with Crippen molar-refractivity contribution in [2.75, 3.05) is 6.61 Å². The number of benzene rings is 1. The number of phenols is 1. The molecule has 9 heteroatoms. The molecular formula is C26H41N3O6. The number of carbonyl (C=O) groups excluding carboxylic acids is 3. The molecule has 0 radical (unpaired) electrons. The SMILES string of the molecule is CCCC(C)NC(=O)C(c1cccc(C)c1O)N(C(=O)C(CO)NC(=O)OC(C)(C)C)C1CCC1.